The first-order valence-electron chi connectivity index (χ1n) is 6.32. The lowest BCUT2D eigenvalue weighted by molar-refractivity contribution is 0.102. The highest BCUT2D eigenvalue weighted by Gasteiger charge is 2.16. The summed E-state index contributed by atoms with van der Waals surface area (Å²) in [6.45, 7) is 2.35. The molecule has 0 unspecified atom stereocenters. The largest absolute Gasteiger partial charge is 0.382 e. The Kier molecular flexibility index (Phi) is 5.20. The van der Waals surface area contributed by atoms with Gasteiger partial charge in [-0.3, -0.25) is 4.79 Å². The van der Waals surface area contributed by atoms with Crippen molar-refractivity contribution in [1.29, 1.82) is 0 Å². The van der Waals surface area contributed by atoms with E-state index in [9.17, 15) is 9.18 Å². The summed E-state index contributed by atoms with van der Waals surface area (Å²) >= 11 is 9.29. The predicted octanol–water partition coefficient (Wildman–Crippen LogP) is 4.93. The first-order valence-corrected chi connectivity index (χ1v) is 7.49. The lowest BCUT2D eigenvalue weighted by Gasteiger charge is -2.13. The highest BCUT2D eigenvalue weighted by atomic mass is 79.9. The van der Waals surface area contributed by atoms with Crippen LogP contribution >= 0.6 is 27.5 Å². The molecule has 21 heavy (non-hydrogen) atoms. The Morgan fingerprint density at radius 1 is 1.29 bits per heavy atom. The van der Waals surface area contributed by atoms with Gasteiger partial charge in [0.1, 0.15) is 5.82 Å². The smallest absolute Gasteiger partial charge is 0.257 e. The maximum absolute atomic E-state index is 13.8. The van der Waals surface area contributed by atoms with Crippen LogP contribution in [0.1, 0.15) is 17.3 Å². The molecule has 2 rings (SSSR count). The molecule has 110 valence electrons. The summed E-state index contributed by atoms with van der Waals surface area (Å²) in [5.41, 5.74) is 0.957. The molecule has 2 N–H and O–H groups in total. The molecule has 0 bridgehead atoms. The minimum Gasteiger partial charge on any atom is -0.382 e. The van der Waals surface area contributed by atoms with E-state index in [1.165, 1.54) is 12.1 Å². The van der Waals surface area contributed by atoms with Crippen molar-refractivity contribution in [2.45, 2.75) is 6.92 Å². The number of nitrogens with one attached hydrogen (secondary N) is 2. The van der Waals surface area contributed by atoms with Gasteiger partial charge in [-0.1, -0.05) is 23.7 Å². The van der Waals surface area contributed by atoms with E-state index in [0.717, 1.165) is 0 Å². The van der Waals surface area contributed by atoms with Gasteiger partial charge in [-0.25, -0.2) is 4.39 Å². The van der Waals surface area contributed by atoms with Crippen LogP contribution in [0.2, 0.25) is 5.02 Å². The first-order chi connectivity index (χ1) is 10.0. The highest BCUT2D eigenvalue weighted by Crippen LogP contribution is 2.31. The topological polar surface area (TPSA) is 41.1 Å². The summed E-state index contributed by atoms with van der Waals surface area (Å²) in [7, 11) is 0. The molecule has 0 atom stereocenters. The van der Waals surface area contributed by atoms with E-state index in [0.29, 0.717) is 21.7 Å². The minimum absolute atomic E-state index is 0.190. The van der Waals surface area contributed by atoms with Crippen molar-refractivity contribution in [1.82, 2.24) is 0 Å². The third-order valence-corrected chi connectivity index (χ3v) is 4.21. The Morgan fingerprint density at radius 3 is 2.71 bits per heavy atom. The van der Waals surface area contributed by atoms with Crippen molar-refractivity contribution >= 4 is 44.8 Å². The SMILES string of the molecule is CCNc1c(F)cccc1C(=O)Nc1cccc(Cl)c1Br. The molecule has 0 heterocycles. The van der Waals surface area contributed by atoms with Crippen LogP contribution in [0.3, 0.4) is 0 Å². The van der Waals surface area contributed by atoms with Crippen LogP contribution in [0, 0.1) is 5.82 Å². The van der Waals surface area contributed by atoms with Crippen LogP contribution in [0.5, 0.6) is 0 Å². The summed E-state index contributed by atoms with van der Waals surface area (Å²) in [4.78, 5) is 12.3. The number of carbonyl (C=O) groups is 1. The van der Waals surface area contributed by atoms with Gasteiger partial charge >= 0.3 is 0 Å². The van der Waals surface area contributed by atoms with Crippen molar-refractivity contribution < 1.29 is 9.18 Å². The fourth-order valence-electron chi connectivity index (χ4n) is 1.86. The number of benzene rings is 2. The van der Waals surface area contributed by atoms with Gasteiger partial charge in [0.25, 0.3) is 5.91 Å². The summed E-state index contributed by atoms with van der Waals surface area (Å²) in [6, 6.07) is 9.50. The standard InChI is InChI=1S/C15H13BrClFN2O/c1-2-19-14-9(5-3-7-11(14)18)15(21)20-12-8-4-6-10(17)13(12)16/h3-8,19H,2H2,1H3,(H,20,21). The zero-order chi connectivity index (χ0) is 15.4. The number of rotatable bonds is 4. The molecule has 3 nitrogen and oxygen atoms in total. The quantitative estimate of drug-likeness (QED) is 0.800. The predicted molar refractivity (Wildman–Crippen MR) is 87.7 cm³/mol. The van der Waals surface area contributed by atoms with Crippen LogP contribution in [-0.4, -0.2) is 12.5 Å². The zero-order valence-electron chi connectivity index (χ0n) is 11.2. The van der Waals surface area contributed by atoms with E-state index >= 15 is 0 Å². The molecule has 0 radical (unpaired) electrons. The van der Waals surface area contributed by atoms with Crippen molar-refractivity contribution in [2.75, 3.05) is 17.2 Å². The van der Waals surface area contributed by atoms with E-state index < -0.39 is 11.7 Å². The van der Waals surface area contributed by atoms with Gasteiger partial charge in [0.15, 0.2) is 0 Å². The van der Waals surface area contributed by atoms with Crippen molar-refractivity contribution in [3.63, 3.8) is 0 Å². The molecule has 0 spiro atoms. The number of amides is 1. The van der Waals surface area contributed by atoms with Gasteiger partial charge in [-0.05, 0) is 47.1 Å². The van der Waals surface area contributed by atoms with Crippen LogP contribution in [0.15, 0.2) is 40.9 Å². The molecule has 0 aliphatic rings. The Morgan fingerprint density at radius 2 is 2.00 bits per heavy atom. The summed E-state index contributed by atoms with van der Waals surface area (Å²) in [6.07, 6.45) is 0. The molecule has 0 saturated carbocycles. The van der Waals surface area contributed by atoms with Gasteiger partial charge in [-0.15, -0.1) is 0 Å². The Balaban J connectivity index is 2.33. The monoisotopic (exact) mass is 370 g/mol. The molecule has 0 aliphatic heterocycles. The number of para-hydroxylation sites is 1. The summed E-state index contributed by atoms with van der Waals surface area (Å²) < 4.78 is 14.4. The van der Waals surface area contributed by atoms with Crippen LogP contribution in [0.25, 0.3) is 0 Å². The van der Waals surface area contributed by atoms with Gasteiger partial charge < -0.3 is 10.6 Å². The molecular weight excluding hydrogens is 359 g/mol. The average molecular weight is 372 g/mol. The molecule has 0 saturated heterocycles. The van der Waals surface area contributed by atoms with Crippen LogP contribution in [0.4, 0.5) is 15.8 Å². The lowest BCUT2D eigenvalue weighted by atomic mass is 10.1. The van der Waals surface area contributed by atoms with Gasteiger partial charge in [0.2, 0.25) is 0 Å². The molecule has 0 aromatic heterocycles. The number of anilines is 2. The Hall–Kier alpha value is -1.59. The maximum atomic E-state index is 13.8. The van der Waals surface area contributed by atoms with Crippen molar-refractivity contribution in [3.05, 3.63) is 57.3 Å². The molecular formula is C15H13BrClFN2O. The fraction of sp³-hybridized carbons (Fsp3) is 0.133. The Bertz CT molecular complexity index is 679. The molecule has 6 heteroatoms. The van der Waals surface area contributed by atoms with Gasteiger partial charge in [0.05, 0.1) is 26.4 Å². The van der Waals surface area contributed by atoms with Gasteiger partial charge in [-0.2, -0.15) is 0 Å². The molecule has 2 aromatic carbocycles. The molecule has 2 aromatic rings. The summed E-state index contributed by atoms with van der Waals surface area (Å²) in [5, 5.41) is 6.07. The minimum atomic E-state index is -0.463. The zero-order valence-corrected chi connectivity index (χ0v) is 13.6. The second-order valence-electron chi connectivity index (χ2n) is 4.25. The number of hydrogen-bond donors (Lipinski definition) is 2. The number of carbonyl (C=O) groups excluding carboxylic acids is 1. The van der Waals surface area contributed by atoms with E-state index in [2.05, 4.69) is 26.6 Å². The fourth-order valence-corrected chi connectivity index (χ4v) is 2.40. The van der Waals surface area contributed by atoms with Crippen LogP contribution in [-0.2, 0) is 0 Å². The van der Waals surface area contributed by atoms with Crippen molar-refractivity contribution in [3.8, 4) is 0 Å². The van der Waals surface area contributed by atoms with E-state index in [-0.39, 0.29) is 11.3 Å². The molecule has 1 amide bonds. The highest BCUT2D eigenvalue weighted by molar-refractivity contribution is 9.10. The number of halogens is 3. The summed E-state index contributed by atoms with van der Waals surface area (Å²) in [5.74, 6) is -0.872. The van der Waals surface area contributed by atoms with Crippen LogP contribution < -0.4 is 10.6 Å². The average Bonchev–Trinajstić information content (AvgIpc) is 2.46. The normalized spacial score (nSPS) is 10.3. The first kappa shape index (κ1) is 15.8. The maximum Gasteiger partial charge on any atom is 0.257 e. The van der Waals surface area contributed by atoms with E-state index in [1.807, 2.05) is 6.92 Å². The van der Waals surface area contributed by atoms with Crippen molar-refractivity contribution in [2.24, 2.45) is 0 Å². The lowest BCUT2D eigenvalue weighted by Crippen LogP contribution is -2.16. The second kappa shape index (κ2) is 6.91. The number of hydrogen-bond acceptors (Lipinski definition) is 2. The molecule has 0 fully saturated rings. The molecule has 0 aliphatic carbocycles. The van der Waals surface area contributed by atoms with E-state index in [1.54, 1.807) is 24.3 Å². The van der Waals surface area contributed by atoms with E-state index in [4.69, 9.17) is 11.6 Å². The van der Waals surface area contributed by atoms with Gasteiger partial charge in [0, 0.05) is 6.54 Å². The third-order valence-electron chi connectivity index (χ3n) is 2.81. The second-order valence-corrected chi connectivity index (χ2v) is 5.45. The third kappa shape index (κ3) is 3.54. The Labute approximate surface area is 135 Å².